The van der Waals surface area contributed by atoms with Crippen LogP contribution in [0.3, 0.4) is 0 Å². The molecule has 2 atom stereocenters. The van der Waals surface area contributed by atoms with Gasteiger partial charge in [0.1, 0.15) is 0 Å². The molecule has 2 fully saturated rings. The van der Waals surface area contributed by atoms with Crippen LogP contribution >= 0.6 is 0 Å². The molecule has 1 amide bonds. The molecule has 0 aliphatic carbocycles. The van der Waals surface area contributed by atoms with Crippen molar-refractivity contribution in [2.24, 2.45) is 11.3 Å². The first kappa shape index (κ1) is 14.8. The smallest absolute Gasteiger partial charge is 0.227 e. The quantitative estimate of drug-likeness (QED) is 0.805. The number of amides is 1. The molecular weight excluding hydrogens is 238 g/mol. The molecule has 2 saturated heterocycles. The van der Waals surface area contributed by atoms with Crippen molar-refractivity contribution in [3.8, 4) is 0 Å². The Bertz CT molecular complexity index is 311. The number of carbonyl (C=O) groups excluding carboxylic acids is 1. The van der Waals surface area contributed by atoms with Gasteiger partial charge in [-0.15, -0.1) is 0 Å². The number of carbonyl (C=O) groups is 1. The standard InChI is InChI=1S/C15H29N3O/c1-12(2)15(7-8-16-11-15)14(19)17-10-13-6-4-5-9-18(13)3/h12-13,16H,4-11H2,1-3H3,(H,17,19). The maximum absolute atomic E-state index is 12.6. The number of rotatable bonds is 4. The van der Waals surface area contributed by atoms with Crippen LogP contribution in [0.15, 0.2) is 0 Å². The molecule has 2 heterocycles. The van der Waals surface area contributed by atoms with Crippen LogP contribution in [0.25, 0.3) is 0 Å². The molecule has 0 aromatic carbocycles. The zero-order valence-electron chi connectivity index (χ0n) is 12.7. The van der Waals surface area contributed by atoms with E-state index in [1.54, 1.807) is 0 Å². The molecule has 110 valence electrons. The minimum absolute atomic E-state index is 0.187. The topological polar surface area (TPSA) is 44.4 Å². The summed E-state index contributed by atoms with van der Waals surface area (Å²) in [5.74, 6) is 0.651. The van der Waals surface area contributed by atoms with Crippen LogP contribution in [0.4, 0.5) is 0 Å². The van der Waals surface area contributed by atoms with Crippen LogP contribution in [0, 0.1) is 11.3 Å². The predicted octanol–water partition coefficient (Wildman–Crippen LogP) is 1.22. The molecule has 2 rings (SSSR count). The van der Waals surface area contributed by atoms with E-state index in [0.717, 1.165) is 32.6 Å². The van der Waals surface area contributed by atoms with Crippen LogP contribution in [0.1, 0.15) is 39.5 Å². The average molecular weight is 267 g/mol. The van der Waals surface area contributed by atoms with Gasteiger partial charge >= 0.3 is 0 Å². The molecule has 2 aliphatic heterocycles. The Kier molecular flexibility index (Phi) is 4.85. The van der Waals surface area contributed by atoms with Gasteiger partial charge in [0.15, 0.2) is 0 Å². The summed E-state index contributed by atoms with van der Waals surface area (Å²) in [7, 11) is 2.17. The first-order chi connectivity index (χ1) is 9.06. The molecule has 2 aliphatic rings. The lowest BCUT2D eigenvalue weighted by atomic mass is 9.75. The molecular formula is C15H29N3O. The van der Waals surface area contributed by atoms with Gasteiger partial charge in [0.25, 0.3) is 0 Å². The molecule has 0 aromatic rings. The molecule has 19 heavy (non-hydrogen) atoms. The summed E-state index contributed by atoms with van der Waals surface area (Å²) in [6, 6.07) is 0.524. The Morgan fingerprint density at radius 1 is 1.47 bits per heavy atom. The summed E-state index contributed by atoms with van der Waals surface area (Å²) in [5, 5.41) is 6.58. The second-order valence-electron chi connectivity index (χ2n) is 6.58. The second kappa shape index (κ2) is 6.23. The fourth-order valence-corrected chi connectivity index (χ4v) is 3.45. The highest BCUT2D eigenvalue weighted by molar-refractivity contribution is 5.83. The van der Waals surface area contributed by atoms with Crippen LogP contribution in [-0.2, 0) is 4.79 Å². The summed E-state index contributed by atoms with van der Waals surface area (Å²) in [6.45, 7) is 8.10. The maximum atomic E-state index is 12.6. The maximum Gasteiger partial charge on any atom is 0.227 e. The zero-order valence-corrected chi connectivity index (χ0v) is 12.7. The van der Waals surface area contributed by atoms with Crippen molar-refractivity contribution in [1.29, 1.82) is 0 Å². The van der Waals surface area contributed by atoms with Crippen LogP contribution < -0.4 is 10.6 Å². The summed E-state index contributed by atoms with van der Waals surface area (Å²) >= 11 is 0. The molecule has 2 N–H and O–H groups in total. The molecule has 0 spiro atoms. The van der Waals surface area contributed by atoms with Crippen LogP contribution in [0.2, 0.25) is 0 Å². The largest absolute Gasteiger partial charge is 0.354 e. The van der Waals surface area contributed by atoms with E-state index in [1.165, 1.54) is 19.3 Å². The molecule has 0 aromatic heterocycles. The third-order valence-corrected chi connectivity index (χ3v) is 5.17. The highest BCUT2D eigenvalue weighted by Gasteiger charge is 2.43. The van der Waals surface area contributed by atoms with Gasteiger partial charge in [0, 0.05) is 19.1 Å². The molecule has 0 bridgehead atoms. The van der Waals surface area contributed by atoms with Crippen molar-refractivity contribution in [3.63, 3.8) is 0 Å². The van der Waals surface area contributed by atoms with Gasteiger partial charge in [-0.1, -0.05) is 20.3 Å². The van der Waals surface area contributed by atoms with Gasteiger partial charge in [-0.2, -0.15) is 0 Å². The Labute approximate surface area is 117 Å². The number of nitrogens with one attached hydrogen (secondary N) is 2. The lowest BCUT2D eigenvalue weighted by Gasteiger charge is -2.35. The van der Waals surface area contributed by atoms with E-state index in [4.69, 9.17) is 0 Å². The fourth-order valence-electron chi connectivity index (χ4n) is 3.45. The van der Waals surface area contributed by atoms with Crippen molar-refractivity contribution in [1.82, 2.24) is 15.5 Å². The Balaban J connectivity index is 1.89. The van der Waals surface area contributed by atoms with Gasteiger partial charge in [-0.3, -0.25) is 4.79 Å². The van der Waals surface area contributed by atoms with Crippen molar-refractivity contribution in [2.45, 2.75) is 45.6 Å². The van der Waals surface area contributed by atoms with Gasteiger partial charge < -0.3 is 15.5 Å². The number of piperidine rings is 1. The average Bonchev–Trinajstić information content (AvgIpc) is 2.88. The van der Waals surface area contributed by atoms with Crippen molar-refractivity contribution in [2.75, 3.05) is 33.2 Å². The molecule has 0 saturated carbocycles. The van der Waals surface area contributed by atoms with Crippen molar-refractivity contribution >= 4 is 5.91 Å². The number of nitrogens with zero attached hydrogens (tertiary/aromatic N) is 1. The van der Waals surface area contributed by atoms with E-state index in [-0.39, 0.29) is 11.3 Å². The molecule has 2 unspecified atom stereocenters. The van der Waals surface area contributed by atoms with E-state index in [2.05, 4.69) is 36.4 Å². The first-order valence-corrected chi connectivity index (χ1v) is 7.75. The van der Waals surface area contributed by atoms with E-state index in [0.29, 0.717) is 12.0 Å². The SMILES string of the molecule is CC(C)C1(C(=O)NCC2CCCCN2C)CCNC1. The number of likely N-dealkylation sites (tertiary alicyclic amines) is 1. The second-order valence-corrected chi connectivity index (χ2v) is 6.58. The third kappa shape index (κ3) is 3.11. The Morgan fingerprint density at radius 2 is 2.26 bits per heavy atom. The molecule has 4 heteroatoms. The predicted molar refractivity (Wildman–Crippen MR) is 78.0 cm³/mol. The minimum Gasteiger partial charge on any atom is -0.354 e. The van der Waals surface area contributed by atoms with Crippen LogP contribution in [0.5, 0.6) is 0 Å². The first-order valence-electron chi connectivity index (χ1n) is 7.75. The Morgan fingerprint density at radius 3 is 2.84 bits per heavy atom. The minimum atomic E-state index is -0.187. The fraction of sp³-hybridized carbons (Fsp3) is 0.933. The summed E-state index contributed by atoms with van der Waals surface area (Å²) < 4.78 is 0. The van der Waals surface area contributed by atoms with Crippen molar-refractivity contribution in [3.05, 3.63) is 0 Å². The zero-order chi connectivity index (χ0) is 13.9. The van der Waals surface area contributed by atoms with E-state index in [1.807, 2.05) is 0 Å². The normalized spacial score (nSPS) is 32.7. The number of likely N-dealkylation sites (N-methyl/N-ethyl adjacent to an activating group) is 1. The number of hydrogen-bond acceptors (Lipinski definition) is 3. The lowest BCUT2D eigenvalue weighted by molar-refractivity contribution is -0.132. The van der Waals surface area contributed by atoms with Gasteiger partial charge in [-0.05, 0) is 45.3 Å². The van der Waals surface area contributed by atoms with Crippen molar-refractivity contribution < 1.29 is 4.79 Å². The third-order valence-electron chi connectivity index (χ3n) is 5.17. The van der Waals surface area contributed by atoms with Gasteiger partial charge in [-0.25, -0.2) is 0 Å². The van der Waals surface area contributed by atoms with E-state index >= 15 is 0 Å². The monoisotopic (exact) mass is 267 g/mol. The summed E-state index contributed by atoms with van der Waals surface area (Å²) in [4.78, 5) is 15.0. The highest BCUT2D eigenvalue weighted by atomic mass is 16.2. The Hall–Kier alpha value is -0.610. The lowest BCUT2D eigenvalue weighted by Crippen LogP contribution is -2.51. The number of hydrogen-bond donors (Lipinski definition) is 2. The van der Waals surface area contributed by atoms with E-state index in [9.17, 15) is 4.79 Å². The van der Waals surface area contributed by atoms with Gasteiger partial charge in [0.05, 0.1) is 5.41 Å². The van der Waals surface area contributed by atoms with Crippen LogP contribution in [-0.4, -0.2) is 50.1 Å². The summed E-state index contributed by atoms with van der Waals surface area (Å²) in [5.41, 5.74) is -0.187. The highest BCUT2D eigenvalue weighted by Crippen LogP contribution is 2.34. The van der Waals surface area contributed by atoms with Gasteiger partial charge in [0.2, 0.25) is 5.91 Å². The van der Waals surface area contributed by atoms with E-state index < -0.39 is 0 Å². The molecule has 0 radical (unpaired) electrons. The molecule has 4 nitrogen and oxygen atoms in total. The summed E-state index contributed by atoms with van der Waals surface area (Å²) in [6.07, 6.45) is 4.77.